The molecule has 0 radical (unpaired) electrons. The van der Waals surface area contributed by atoms with Crippen LogP contribution in [0.4, 0.5) is 0 Å². The molecule has 4 rings (SSSR count). The molecule has 4 aromatic rings. The summed E-state index contributed by atoms with van der Waals surface area (Å²) in [5.41, 5.74) is 4.58. The lowest BCUT2D eigenvalue weighted by Crippen LogP contribution is -2.10. The van der Waals surface area contributed by atoms with Crippen molar-refractivity contribution in [1.82, 2.24) is 24.6 Å². The van der Waals surface area contributed by atoms with Crippen LogP contribution in [0.3, 0.4) is 0 Å². The van der Waals surface area contributed by atoms with Gasteiger partial charge in [0.05, 0.1) is 23.6 Å². The predicted molar refractivity (Wildman–Crippen MR) is 92.9 cm³/mol. The van der Waals surface area contributed by atoms with Gasteiger partial charge >= 0.3 is 5.69 Å². The Bertz CT molecular complexity index is 1120. The lowest BCUT2D eigenvalue weighted by molar-refractivity contribution is 0.276. The second kappa shape index (κ2) is 5.95. The van der Waals surface area contributed by atoms with Gasteiger partial charge in [0.2, 0.25) is 0 Å². The first-order valence-corrected chi connectivity index (χ1v) is 7.77. The van der Waals surface area contributed by atoms with Crippen LogP contribution in [0.5, 0.6) is 0 Å². The Balaban J connectivity index is 2.10. The summed E-state index contributed by atoms with van der Waals surface area (Å²) in [4.78, 5) is 20.7. The molecule has 7 heteroatoms. The van der Waals surface area contributed by atoms with Crippen molar-refractivity contribution in [3.63, 3.8) is 0 Å². The van der Waals surface area contributed by atoms with Crippen molar-refractivity contribution in [3.05, 3.63) is 70.7 Å². The van der Waals surface area contributed by atoms with E-state index in [-0.39, 0.29) is 12.3 Å². The van der Waals surface area contributed by atoms with E-state index in [1.807, 2.05) is 43.3 Å². The largest absolute Gasteiger partial charge is 0.390 e. The Morgan fingerprint density at radius 3 is 2.72 bits per heavy atom. The van der Waals surface area contributed by atoms with Crippen LogP contribution >= 0.6 is 0 Å². The van der Waals surface area contributed by atoms with E-state index in [1.165, 1.54) is 10.7 Å². The fourth-order valence-corrected chi connectivity index (χ4v) is 2.92. The van der Waals surface area contributed by atoms with Crippen LogP contribution in [0, 0.1) is 6.92 Å². The zero-order valence-corrected chi connectivity index (χ0v) is 13.5. The molecule has 0 spiro atoms. The van der Waals surface area contributed by atoms with Crippen molar-refractivity contribution in [2.45, 2.75) is 13.5 Å². The lowest BCUT2D eigenvalue weighted by Gasteiger charge is -2.11. The van der Waals surface area contributed by atoms with Crippen LogP contribution in [0.15, 0.2) is 53.6 Å². The third-order valence-corrected chi connectivity index (χ3v) is 3.97. The fourth-order valence-electron chi connectivity index (χ4n) is 2.92. The summed E-state index contributed by atoms with van der Waals surface area (Å²) >= 11 is 0. The van der Waals surface area contributed by atoms with Crippen molar-refractivity contribution in [1.29, 1.82) is 0 Å². The number of hydrogen-bond donors (Lipinski definition) is 2. The summed E-state index contributed by atoms with van der Waals surface area (Å²) in [5, 5.41) is 16.1. The molecule has 0 atom stereocenters. The highest BCUT2D eigenvalue weighted by atomic mass is 16.3. The number of nitrogens with one attached hydrogen (secondary N) is 1. The molecule has 1 aromatic carbocycles. The van der Waals surface area contributed by atoms with Crippen molar-refractivity contribution in [2.75, 3.05) is 0 Å². The summed E-state index contributed by atoms with van der Waals surface area (Å²) in [7, 11) is 0. The molecule has 0 bridgehead atoms. The van der Waals surface area contributed by atoms with Crippen LogP contribution in [0.2, 0.25) is 0 Å². The van der Waals surface area contributed by atoms with Gasteiger partial charge in [-0.1, -0.05) is 30.3 Å². The number of hydrogen-bond acceptors (Lipinski definition) is 5. The van der Waals surface area contributed by atoms with E-state index in [0.717, 1.165) is 16.8 Å². The first-order valence-electron chi connectivity index (χ1n) is 7.77. The van der Waals surface area contributed by atoms with Crippen LogP contribution in [0.1, 0.15) is 11.4 Å². The minimum absolute atomic E-state index is 0.167. The van der Waals surface area contributed by atoms with E-state index in [9.17, 15) is 9.90 Å². The smallest absolute Gasteiger partial charge is 0.348 e. The molecule has 0 saturated carbocycles. The monoisotopic (exact) mass is 333 g/mol. The van der Waals surface area contributed by atoms with Gasteiger partial charge in [-0.25, -0.2) is 19.3 Å². The number of aliphatic hydroxyl groups excluding tert-OH is 1. The van der Waals surface area contributed by atoms with E-state index in [1.54, 1.807) is 6.07 Å². The average molecular weight is 333 g/mol. The molecule has 0 aliphatic heterocycles. The molecule has 3 heterocycles. The Morgan fingerprint density at radius 1 is 1.16 bits per heavy atom. The number of aromatic nitrogens is 5. The first kappa shape index (κ1) is 15.2. The van der Waals surface area contributed by atoms with E-state index < -0.39 is 0 Å². The van der Waals surface area contributed by atoms with Gasteiger partial charge in [0.25, 0.3) is 0 Å². The number of benzene rings is 1. The van der Waals surface area contributed by atoms with Crippen LogP contribution in [0.25, 0.3) is 28.0 Å². The van der Waals surface area contributed by atoms with Crippen molar-refractivity contribution in [3.8, 4) is 22.4 Å². The van der Waals surface area contributed by atoms with Gasteiger partial charge in [-0.15, -0.1) is 0 Å². The maximum absolute atomic E-state index is 12.0. The molecule has 0 amide bonds. The number of fused-ring (bicyclic) bond motifs is 1. The highest BCUT2D eigenvalue weighted by Crippen LogP contribution is 2.33. The summed E-state index contributed by atoms with van der Waals surface area (Å²) in [6.07, 6.45) is 1.47. The summed E-state index contributed by atoms with van der Waals surface area (Å²) in [6.45, 7) is 1.69. The molecular formula is C18H15N5O2. The molecule has 124 valence electrons. The van der Waals surface area contributed by atoms with Gasteiger partial charge in [0, 0.05) is 11.3 Å². The molecule has 0 fully saturated rings. The standard InChI is InChI=1S/C18H15N5O2/c1-11-7-13(8-14(9-24)20-11)15-16(12-5-3-2-4-6-12)19-10-23-17(15)21-22-18(23)25/h2-8,10,24H,9H2,1H3,(H,22,25). The topological polar surface area (TPSA) is 96.2 Å². The maximum Gasteiger partial charge on any atom is 0.348 e. The summed E-state index contributed by atoms with van der Waals surface area (Å²) < 4.78 is 1.37. The highest BCUT2D eigenvalue weighted by molar-refractivity contribution is 5.89. The molecule has 0 aliphatic carbocycles. The quantitative estimate of drug-likeness (QED) is 0.597. The van der Waals surface area contributed by atoms with E-state index in [0.29, 0.717) is 22.6 Å². The number of aromatic amines is 1. The second-order valence-electron chi connectivity index (χ2n) is 5.70. The Hall–Kier alpha value is -3.32. The third kappa shape index (κ3) is 2.60. The molecule has 3 aromatic heterocycles. The van der Waals surface area contributed by atoms with Gasteiger partial charge in [0.1, 0.15) is 6.33 Å². The molecular weight excluding hydrogens is 318 g/mol. The van der Waals surface area contributed by atoms with E-state index >= 15 is 0 Å². The van der Waals surface area contributed by atoms with Crippen LogP contribution in [-0.4, -0.2) is 29.7 Å². The minimum atomic E-state index is -0.350. The number of pyridine rings is 1. The lowest BCUT2D eigenvalue weighted by atomic mass is 9.99. The normalized spacial score (nSPS) is 11.1. The number of rotatable bonds is 3. The van der Waals surface area contributed by atoms with E-state index in [2.05, 4.69) is 20.2 Å². The van der Waals surface area contributed by atoms with Crippen LogP contribution < -0.4 is 5.69 Å². The van der Waals surface area contributed by atoms with Crippen LogP contribution in [-0.2, 0) is 6.61 Å². The molecule has 7 nitrogen and oxygen atoms in total. The highest BCUT2D eigenvalue weighted by Gasteiger charge is 2.17. The van der Waals surface area contributed by atoms with Crippen molar-refractivity contribution >= 4 is 5.65 Å². The van der Waals surface area contributed by atoms with Gasteiger partial charge in [-0.05, 0) is 24.6 Å². The Labute approximate surface area is 142 Å². The third-order valence-electron chi connectivity index (χ3n) is 3.97. The maximum atomic E-state index is 12.0. The summed E-state index contributed by atoms with van der Waals surface area (Å²) in [6, 6.07) is 13.4. The van der Waals surface area contributed by atoms with E-state index in [4.69, 9.17) is 0 Å². The molecule has 0 saturated heterocycles. The molecule has 0 aliphatic rings. The van der Waals surface area contributed by atoms with Crippen molar-refractivity contribution < 1.29 is 5.11 Å². The SMILES string of the molecule is Cc1cc(-c2c(-c3ccccc3)ncn3c(=O)[nH]nc23)cc(CO)n1. The Morgan fingerprint density at radius 2 is 1.96 bits per heavy atom. The second-order valence-corrected chi connectivity index (χ2v) is 5.70. The van der Waals surface area contributed by atoms with Gasteiger partial charge in [-0.2, -0.15) is 5.10 Å². The zero-order chi connectivity index (χ0) is 17.4. The number of H-pyrrole nitrogens is 1. The average Bonchev–Trinajstić information content (AvgIpc) is 3.02. The predicted octanol–water partition coefficient (Wildman–Crippen LogP) is 1.95. The summed E-state index contributed by atoms with van der Waals surface area (Å²) in [5.74, 6) is 0. The minimum Gasteiger partial charge on any atom is -0.390 e. The van der Waals surface area contributed by atoms with Gasteiger partial charge < -0.3 is 5.11 Å². The molecule has 2 N–H and O–H groups in total. The number of aliphatic hydroxyl groups is 1. The first-order chi connectivity index (χ1) is 12.2. The fraction of sp³-hybridized carbons (Fsp3) is 0.111. The van der Waals surface area contributed by atoms with Gasteiger partial charge in [-0.3, -0.25) is 4.98 Å². The zero-order valence-electron chi connectivity index (χ0n) is 13.5. The van der Waals surface area contributed by atoms with Gasteiger partial charge in [0.15, 0.2) is 5.65 Å². The van der Waals surface area contributed by atoms with Crippen molar-refractivity contribution in [2.24, 2.45) is 0 Å². The number of aryl methyl sites for hydroxylation is 1. The molecule has 0 unspecified atom stereocenters. The molecule has 25 heavy (non-hydrogen) atoms. The Kier molecular flexibility index (Phi) is 3.62. The number of nitrogens with zero attached hydrogens (tertiary/aromatic N) is 4.